The van der Waals surface area contributed by atoms with Gasteiger partial charge in [-0.2, -0.15) is 0 Å². The van der Waals surface area contributed by atoms with Crippen LogP contribution in [-0.4, -0.2) is 45.5 Å². The van der Waals surface area contributed by atoms with Crippen molar-refractivity contribution in [1.82, 2.24) is 14.9 Å². The van der Waals surface area contributed by atoms with E-state index in [2.05, 4.69) is 10.0 Å². The minimum absolute atomic E-state index is 0.00521. The summed E-state index contributed by atoms with van der Waals surface area (Å²) in [5.41, 5.74) is 0. The van der Waals surface area contributed by atoms with Crippen molar-refractivity contribution in [1.29, 1.82) is 0 Å². The molecule has 2 N–H and O–H groups in total. The first kappa shape index (κ1) is 14.7. The molecular formula is C11H13F2N3O3S. The normalized spacial score (nSPS) is 15.5. The van der Waals surface area contributed by atoms with Gasteiger partial charge in [-0.15, -0.1) is 0 Å². The Kier molecular flexibility index (Phi) is 4.19. The number of nitrogens with zero attached hydrogens (tertiary/aromatic N) is 1. The summed E-state index contributed by atoms with van der Waals surface area (Å²) in [5, 5.41) is 2.58. The third kappa shape index (κ3) is 3.23. The Morgan fingerprint density at radius 2 is 2.05 bits per heavy atom. The van der Waals surface area contributed by atoms with E-state index in [-0.39, 0.29) is 24.0 Å². The Balaban J connectivity index is 1.96. The number of hydrogen-bond acceptors (Lipinski definition) is 3. The monoisotopic (exact) mass is 305 g/mol. The largest absolute Gasteiger partial charge is 0.336 e. The van der Waals surface area contributed by atoms with E-state index in [1.165, 1.54) is 4.90 Å². The molecule has 1 heterocycles. The lowest BCUT2D eigenvalue weighted by atomic mass is 10.3. The molecule has 0 atom stereocenters. The highest BCUT2D eigenvalue weighted by atomic mass is 32.2. The summed E-state index contributed by atoms with van der Waals surface area (Å²) >= 11 is 0. The van der Waals surface area contributed by atoms with Gasteiger partial charge in [-0.3, -0.25) is 0 Å². The van der Waals surface area contributed by atoms with Crippen molar-refractivity contribution in [3.8, 4) is 0 Å². The van der Waals surface area contributed by atoms with Crippen LogP contribution in [0.5, 0.6) is 0 Å². The Labute approximate surface area is 114 Å². The molecule has 6 nitrogen and oxygen atoms in total. The molecule has 0 unspecified atom stereocenters. The fourth-order valence-electron chi connectivity index (χ4n) is 1.77. The van der Waals surface area contributed by atoms with Crippen molar-refractivity contribution in [2.24, 2.45) is 0 Å². The number of nitrogens with one attached hydrogen (secondary N) is 2. The second-order valence-corrected chi connectivity index (χ2v) is 5.96. The maximum absolute atomic E-state index is 13.0. The van der Waals surface area contributed by atoms with Crippen LogP contribution >= 0.6 is 0 Å². The Morgan fingerprint density at radius 3 is 2.65 bits per heavy atom. The van der Waals surface area contributed by atoms with Gasteiger partial charge < -0.3 is 10.2 Å². The molecule has 0 aliphatic carbocycles. The van der Waals surface area contributed by atoms with Gasteiger partial charge in [-0.05, 0) is 18.2 Å². The number of amides is 2. The van der Waals surface area contributed by atoms with Crippen LogP contribution in [0.1, 0.15) is 0 Å². The molecule has 1 aromatic carbocycles. The first-order valence-corrected chi connectivity index (χ1v) is 7.36. The molecule has 1 aliphatic rings. The number of hydrogen-bond donors (Lipinski definition) is 2. The van der Waals surface area contributed by atoms with Crippen LogP contribution in [0.2, 0.25) is 0 Å². The molecule has 0 bridgehead atoms. The second-order valence-electron chi connectivity index (χ2n) is 4.19. The van der Waals surface area contributed by atoms with Crippen LogP contribution in [0.25, 0.3) is 0 Å². The first-order valence-electron chi connectivity index (χ1n) is 5.87. The third-order valence-corrected chi connectivity index (χ3v) is 4.28. The average molecular weight is 305 g/mol. The molecular weight excluding hydrogens is 292 g/mol. The van der Waals surface area contributed by atoms with Gasteiger partial charge in [0.05, 0.1) is 4.90 Å². The molecule has 0 radical (unpaired) electrons. The highest BCUT2D eigenvalue weighted by molar-refractivity contribution is 7.89. The lowest BCUT2D eigenvalue weighted by Gasteiger charge is -2.14. The number of rotatable bonds is 5. The summed E-state index contributed by atoms with van der Waals surface area (Å²) in [5.74, 6) is -2.34. The third-order valence-electron chi connectivity index (χ3n) is 2.82. The summed E-state index contributed by atoms with van der Waals surface area (Å²) in [6.45, 7) is 1.23. The first-order chi connectivity index (χ1) is 9.40. The van der Waals surface area contributed by atoms with Gasteiger partial charge in [0.15, 0.2) is 11.6 Å². The van der Waals surface area contributed by atoms with Crippen molar-refractivity contribution < 1.29 is 22.0 Å². The van der Waals surface area contributed by atoms with Crippen LogP contribution in [-0.2, 0) is 10.0 Å². The van der Waals surface area contributed by atoms with E-state index in [1.807, 2.05) is 0 Å². The van der Waals surface area contributed by atoms with Crippen LogP contribution in [0, 0.1) is 11.6 Å². The minimum Gasteiger partial charge on any atom is -0.336 e. The Morgan fingerprint density at radius 1 is 1.30 bits per heavy atom. The van der Waals surface area contributed by atoms with E-state index < -0.39 is 21.7 Å². The lowest BCUT2D eigenvalue weighted by molar-refractivity contribution is 0.218. The predicted octanol–water partition coefficient (Wildman–Crippen LogP) is 0.268. The second kappa shape index (κ2) is 5.71. The maximum atomic E-state index is 13.0. The zero-order valence-corrected chi connectivity index (χ0v) is 11.2. The Hall–Kier alpha value is -1.74. The van der Waals surface area contributed by atoms with Gasteiger partial charge >= 0.3 is 6.03 Å². The molecule has 0 aromatic heterocycles. The highest BCUT2D eigenvalue weighted by Gasteiger charge is 2.20. The van der Waals surface area contributed by atoms with Crippen LogP contribution in [0.4, 0.5) is 13.6 Å². The van der Waals surface area contributed by atoms with Crippen molar-refractivity contribution in [2.75, 3.05) is 26.2 Å². The number of benzene rings is 1. The molecule has 20 heavy (non-hydrogen) atoms. The zero-order chi connectivity index (χ0) is 14.8. The summed E-state index contributed by atoms with van der Waals surface area (Å²) < 4.78 is 51.6. The summed E-state index contributed by atoms with van der Waals surface area (Å²) in [6, 6.07) is 2.08. The Bertz CT molecular complexity index is 621. The van der Waals surface area contributed by atoms with Gasteiger partial charge in [0.25, 0.3) is 0 Å². The van der Waals surface area contributed by atoms with Crippen molar-refractivity contribution in [3.63, 3.8) is 0 Å². The SMILES string of the molecule is O=C1NCCN1CCNS(=O)(=O)c1ccc(F)c(F)c1. The number of carbonyl (C=O) groups excluding carboxylic acids is 1. The highest BCUT2D eigenvalue weighted by Crippen LogP contribution is 2.13. The molecule has 1 saturated heterocycles. The van der Waals surface area contributed by atoms with Gasteiger partial charge in [-0.25, -0.2) is 26.7 Å². The number of carbonyl (C=O) groups is 1. The smallest absolute Gasteiger partial charge is 0.317 e. The summed E-state index contributed by atoms with van der Waals surface area (Å²) in [4.78, 5) is 12.3. The van der Waals surface area contributed by atoms with Crippen LogP contribution in [0.15, 0.2) is 23.1 Å². The van der Waals surface area contributed by atoms with E-state index >= 15 is 0 Å². The number of halogens is 2. The van der Waals surface area contributed by atoms with E-state index in [0.717, 1.165) is 12.1 Å². The lowest BCUT2D eigenvalue weighted by Crippen LogP contribution is -2.36. The molecule has 1 fully saturated rings. The van der Waals surface area contributed by atoms with E-state index in [1.54, 1.807) is 0 Å². The minimum atomic E-state index is -3.92. The molecule has 9 heteroatoms. The number of sulfonamides is 1. The molecule has 2 rings (SSSR count). The summed E-state index contributed by atoms with van der Waals surface area (Å²) in [7, 11) is -3.92. The van der Waals surface area contributed by atoms with Crippen LogP contribution in [0.3, 0.4) is 0 Å². The van der Waals surface area contributed by atoms with Crippen LogP contribution < -0.4 is 10.0 Å². The fraction of sp³-hybridized carbons (Fsp3) is 0.364. The maximum Gasteiger partial charge on any atom is 0.317 e. The number of urea groups is 1. The molecule has 110 valence electrons. The standard InChI is InChI=1S/C11H13F2N3O3S/c12-9-2-1-8(7-10(9)13)20(18,19)15-4-6-16-5-3-14-11(16)17/h1-2,7,15H,3-6H2,(H,14,17). The topological polar surface area (TPSA) is 78.5 Å². The van der Waals surface area contributed by atoms with Crippen molar-refractivity contribution in [3.05, 3.63) is 29.8 Å². The quantitative estimate of drug-likeness (QED) is 0.819. The average Bonchev–Trinajstić information content (AvgIpc) is 2.78. The van der Waals surface area contributed by atoms with Crippen molar-refractivity contribution >= 4 is 16.1 Å². The molecule has 2 amide bonds. The summed E-state index contributed by atoms with van der Waals surface area (Å²) in [6.07, 6.45) is 0. The van der Waals surface area contributed by atoms with Gasteiger partial charge in [0, 0.05) is 26.2 Å². The molecule has 1 aromatic rings. The van der Waals surface area contributed by atoms with E-state index in [4.69, 9.17) is 0 Å². The fourth-order valence-corrected chi connectivity index (χ4v) is 2.80. The van der Waals surface area contributed by atoms with E-state index in [9.17, 15) is 22.0 Å². The molecule has 0 spiro atoms. The zero-order valence-electron chi connectivity index (χ0n) is 10.4. The predicted molar refractivity (Wildman–Crippen MR) is 66.5 cm³/mol. The molecule has 1 aliphatic heterocycles. The van der Waals surface area contributed by atoms with Gasteiger partial charge in [0.2, 0.25) is 10.0 Å². The van der Waals surface area contributed by atoms with Crippen molar-refractivity contribution in [2.45, 2.75) is 4.90 Å². The van der Waals surface area contributed by atoms with E-state index in [0.29, 0.717) is 19.2 Å². The van der Waals surface area contributed by atoms with Gasteiger partial charge in [-0.1, -0.05) is 0 Å². The molecule has 0 saturated carbocycles. The van der Waals surface area contributed by atoms with Gasteiger partial charge in [0.1, 0.15) is 0 Å².